The van der Waals surface area contributed by atoms with E-state index in [4.69, 9.17) is 9.84 Å². The minimum absolute atomic E-state index is 0.176. The lowest BCUT2D eigenvalue weighted by atomic mass is 9.88. The molecular formula is C15H15F3O3. The highest BCUT2D eigenvalue weighted by molar-refractivity contribution is 5.68. The number of carboxylic acid groups (broad SMARTS) is 1. The number of allylic oxidation sites excluding steroid dienone is 2. The molecule has 3 nitrogen and oxygen atoms in total. The first-order valence-corrected chi connectivity index (χ1v) is 6.60. The van der Waals surface area contributed by atoms with Gasteiger partial charge in [-0.15, -0.1) is 0 Å². The van der Waals surface area contributed by atoms with Gasteiger partial charge in [-0.3, -0.25) is 0 Å². The summed E-state index contributed by atoms with van der Waals surface area (Å²) in [6.45, 7) is -0.575. The summed E-state index contributed by atoms with van der Waals surface area (Å²) in [6, 6.07) is 3.16. The van der Waals surface area contributed by atoms with Crippen molar-refractivity contribution in [3.8, 4) is 5.75 Å². The van der Waals surface area contributed by atoms with Gasteiger partial charge in [0.25, 0.3) is 0 Å². The Labute approximate surface area is 120 Å². The first kappa shape index (κ1) is 15.4. The Hall–Kier alpha value is -1.98. The summed E-state index contributed by atoms with van der Waals surface area (Å²) in [6.07, 6.45) is 1.86. The van der Waals surface area contributed by atoms with Crippen molar-refractivity contribution in [2.75, 3.05) is 6.61 Å². The van der Waals surface area contributed by atoms with Crippen molar-refractivity contribution < 1.29 is 27.8 Å². The van der Waals surface area contributed by atoms with Gasteiger partial charge in [0.15, 0.2) is 6.61 Å². The van der Waals surface area contributed by atoms with E-state index in [1.807, 2.05) is 12.2 Å². The zero-order valence-corrected chi connectivity index (χ0v) is 11.2. The Morgan fingerprint density at radius 3 is 2.71 bits per heavy atom. The van der Waals surface area contributed by atoms with E-state index in [9.17, 15) is 18.0 Å². The lowest BCUT2D eigenvalue weighted by Gasteiger charge is -2.21. The van der Waals surface area contributed by atoms with Gasteiger partial charge in [0.05, 0.1) is 5.56 Å². The number of halogens is 3. The van der Waals surface area contributed by atoms with Crippen LogP contribution in [-0.2, 0) is 11.0 Å². The monoisotopic (exact) mass is 300 g/mol. The second kappa shape index (κ2) is 6.20. The molecule has 114 valence electrons. The van der Waals surface area contributed by atoms with Crippen LogP contribution in [0.3, 0.4) is 0 Å². The van der Waals surface area contributed by atoms with E-state index in [0.717, 1.165) is 31.4 Å². The van der Waals surface area contributed by atoms with E-state index in [2.05, 4.69) is 0 Å². The first-order valence-electron chi connectivity index (χ1n) is 6.60. The third-order valence-corrected chi connectivity index (χ3v) is 3.34. The largest absolute Gasteiger partial charge is 0.482 e. The number of alkyl halides is 3. The number of carbonyl (C=O) groups is 1. The summed E-state index contributed by atoms with van der Waals surface area (Å²) >= 11 is 0. The molecule has 1 aliphatic carbocycles. The molecule has 1 aromatic carbocycles. The number of rotatable bonds is 4. The molecule has 0 amide bonds. The number of benzene rings is 1. The van der Waals surface area contributed by atoms with Gasteiger partial charge in [-0.1, -0.05) is 12.2 Å². The van der Waals surface area contributed by atoms with Gasteiger partial charge >= 0.3 is 12.1 Å². The average Bonchev–Trinajstić information content (AvgIpc) is 2.45. The van der Waals surface area contributed by atoms with Crippen LogP contribution in [0.2, 0.25) is 0 Å². The Morgan fingerprint density at radius 2 is 2.14 bits per heavy atom. The summed E-state index contributed by atoms with van der Waals surface area (Å²) in [7, 11) is 0. The number of aliphatic carboxylic acids is 1. The van der Waals surface area contributed by atoms with E-state index >= 15 is 0 Å². The Balaban J connectivity index is 2.36. The van der Waals surface area contributed by atoms with Crippen LogP contribution in [0.1, 0.15) is 36.3 Å². The maximum absolute atomic E-state index is 12.8. The van der Waals surface area contributed by atoms with Crippen LogP contribution >= 0.6 is 0 Å². The molecule has 0 fully saturated rings. The second-order valence-corrected chi connectivity index (χ2v) is 4.90. The van der Waals surface area contributed by atoms with E-state index in [1.165, 1.54) is 6.07 Å². The van der Waals surface area contributed by atoms with Crippen LogP contribution in [0.25, 0.3) is 0 Å². The van der Waals surface area contributed by atoms with Gasteiger partial charge in [-0.05, 0) is 37.5 Å². The molecule has 1 N–H and O–H groups in total. The second-order valence-electron chi connectivity index (χ2n) is 4.90. The van der Waals surface area contributed by atoms with Crippen molar-refractivity contribution in [3.05, 3.63) is 41.5 Å². The molecular weight excluding hydrogens is 285 g/mol. The summed E-state index contributed by atoms with van der Waals surface area (Å²) in [5.41, 5.74) is -0.360. The van der Waals surface area contributed by atoms with Crippen LogP contribution in [-0.4, -0.2) is 17.7 Å². The summed E-state index contributed by atoms with van der Waals surface area (Å²) in [5.74, 6) is -1.15. The fraction of sp³-hybridized carbons (Fsp3) is 0.400. The fourth-order valence-electron chi connectivity index (χ4n) is 2.36. The zero-order valence-electron chi connectivity index (χ0n) is 11.2. The molecule has 1 unspecified atom stereocenters. The highest BCUT2D eigenvalue weighted by Gasteiger charge is 2.32. The average molecular weight is 300 g/mol. The molecule has 0 spiro atoms. The van der Waals surface area contributed by atoms with E-state index in [-0.39, 0.29) is 11.7 Å². The van der Waals surface area contributed by atoms with Crippen molar-refractivity contribution in [3.63, 3.8) is 0 Å². The van der Waals surface area contributed by atoms with Gasteiger partial charge < -0.3 is 9.84 Å². The molecule has 1 aliphatic rings. The minimum Gasteiger partial charge on any atom is -0.482 e. The summed E-state index contributed by atoms with van der Waals surface area (Å²) in [5, 5.41) is 8.64. The zero-order chi connectivity index (χ0) is 15.5. The molecule has 0 saturated carbocycles. The number of ether oxygens (including phenoxy) is 1. The molecule has 6 heteroatoms. The topological polar surface area (TPSA) is 46.5 Å². The quantitative estimate of drug-likeness (QED) is 0.855. The molecule has 0 bridgehead atoms. The molecule has 0 radical (unpaired) electrons. The Morgan fingerprint density at radius 1 is 1.38 bits per heavy atom. The van der Waals surface area contributed by atoms with Gasteiger partial charge in [0.1, 0.15) is 5.75 Å². The molecule has 0 heterocycles. The van der Waals surface area contributed by atoms with Crippen LogP contribution in [0.5, 0.6) is 5.75 Å². The highest BCUT2D eigenvalue weighted by Crippen LogP contribution is 2.38. The summed E-state index contributed by atoms with van der Waals surface area (Å²) in [4.78, 5) is 10.6. The minimum atomic E-state index is -4.43. The molecule has 0 aromatic heterocycles. The third-order valence-electron chi connectivity index (χ3n) is 3.34. The Kier molecular flexibility index (Phi) is 4.55. The van der Waals surface area contributed by atoms with E-state index in [0.29, 0.717) is 5.56 Å². The number of hydrogen-bond donors (Lipinski definition) is 1. The SMILES string of the molecule is O=C(O)COc1ccc(C(F)(F)F)cc1C1C=CCCC1. The normalized spacial score (nSPS) is 18.5. The molecule has 0 aliphatic heterocycles. The number of hydrogen-bond acceptors (Lipinski definition) is 2. The number of carboxylic acids is 1. The summed E-state index contributed by atoms with van der Waals surface area (Å²) < 4.78 is 43.6. The van der Waals surface area contributed by atoms with E-state index in [1.54, 1.807) is 0 Å². The predicted octanol–water partition coefficient (Wildman–Crippen LogP) is 3.99. The Bertz CT molecular complexity index is 550. The third kappa shape index (κ3) is 4.00. The lowest BCUT2D eigenvalue weighted by Crippen LogP contribution is -2.13. The predicted molar refractivity (Wildman–Crippen MR) is 70.3 cm³/mol. The van der Waals surface area contributed by atoms with Crippen molar-refractivity contribution in [2.24, 2.45) is 0 Å². The van der Waals surface area contributed by atoms with Gasteiger partial charge in [0, 0.05) is 11.5 Å². The van der Waals surface area contributed by atoms with Crippen molar-refractivity contribution in [1.82, 2.24) is 0 Å². The van der Waals surface area contributed by atoms with Gasteiger partial charge in [-0.2, -0.15) is 13.2 Å². The van der Waals surface area contributed by atoms with Crippen molar-refractivity contribution in [2.45, 2.75) is 31.4 Å². The standard InChI is InChI=1S/C15H15F3O3/c16-15(17,18)11-6-7-13(21-9-14(19)20)12(8-11)10-4-2-1-3-5-10/h2,4,6-8,10H,1,3,5,9H2,(H,19,20). The van der Waals surface area contributed by atoms with Crippen LogP contribution < -0.4 is 4.74 Å². The maximum Gasteiger partial charge on any atom is 0.416 e. The fourth-order valence-corrected chi connectivity index (χ4v) is 2.36. The van der Waals surface area contributed by atoms with Crippen molar-refractivity contribution >= 4 is 5.97 Å². The molecule has 1 atom stereocenters. The van der Waals surface area contributed by atoms with Crippen LogP contribution in [0, 0.1) is 0 Å². The highest BCUT2D eigenvalue weighted by atomic mass is 19.4. The maximum atomic E-state index is 12.8. The van der Waals surface area contributed by atoms with Gasteiger partial charge in [0.2, 0.25) is 0 Å². The molecule has 0 saturated heterocycles. The van der Waals surface area contributed by atoms with Crippen LogP contribution in [0.4, 0.5) is 13.2 Å². The van der Waals surface area contributed by atoms with Crippen LogP contribution in [0.15, 0.2) is 30.4 Å². The lowest BCUT2D eigenvalue weighted by molar-refractivity contribution is -0.140. The molecule has 21 heavy (non-hydrogen) atoms. The molecule has 1 aromatic rings. The van der Waals surface area contributed by atoms with Crippen molar-refractivity contribution in [1.29, 1.82) is 0 Å². The molecule has 2 rings (SSSR count). The van der Waals surface area contributed by atoms with E-state index < -0.39 is 24.3 Å². The smallest absolute Gasteiger partial charge is 0.416 e. The first-order chi connectivity index (χ1) is 9.88. The van der Waals surface area contributed by atoms with Gasteiger partial charge in [-0.25, -0.2) is 4.79 Å².